The maximum atomic E-state index is 13.8. The van der Waals surface area contributed by atoms with Gasteiger partial charge in [0.1, 0.15) is 5.60 Å². The van der Waals surface area contributed by atoms with Gasteiger partial charge in [0.25, 0.3) is 0 Å². The Bertz CT molecular complexity index is 1210. The average molecular weight is 557 g/mol. The molecule has 0 aliphatic carbocycles. The van der Waals surface area contributed by atoms with Crippen LogP contribution in [0.1, 0.15) is 58.4 Å². The van der Waals surface area contributed by atoms with Gasteiger partial charge in [0.15, 0.2) is 0 Å². The van der Waals surface area contributed by atoms with E-state index in [9.17, 15) is 9.59 Å². The van der Waals surface area contributed by atoms with Crippen molar-refractivity contribution in [3.05, 3.63) is 58.4 Å². The molecule has 0 N–H and O–H groups in total. The Morgan fingerprint density at radius 2 is 1.90 bits per heavy atom. The molecule has 2 aromatic rings. The Kier molecular flexibility index (Phi) is 8.59. The van der Waals surface area contributed by atoms with Crippen molar-refractivity contribution in [2.45, 2.75) is 71.1 Å². The second-order valence-corrected chi connectivity index (χ2v) is 12.8. The molecular weight excluding hydrogens is 516 g/mol. The van der Waals surface area contributed by atoms with Gasteiger partial charge in [-0.25, -0.2) is 4.79 Å². The van der Waals surface area contributed by atoms with Gasteiger partial charge in [-0.1, -0.05) is 43.6 Å². The molecule has 2 aliphatic heterocycles. The number of piperazine rings is 1. The lowest BCUT2D eigenvalue weighted by atomic mass is 9.88. The molecule has 1 saturated heterocycles. The summed E-state index contributed by atoms with van der Waals surface area (Å²) >= 11 is 6.40. The van der Waals surface area contributed by atoms with Crippen LogP contribution in [0.15, 0.2) is 36.5 Å². The van der Waals surface area contributed by atoms with E-state index >= 15 is 0 Å². The third kappa shape index (κ3) is 6.73. The average Bonchev–Trinajstić information content (AvgIpc) is 3.11. The smallest absolute Gasteiger partial charge is 0.410 e. The Labute approximate surface area is 237 Å². The highest BCUT2D eigenvalue weighted by atomic mass is 35.5. The van der Waals surface area contributed by atoms with Crippen molar-refractivity contribution in [3.8, 4) is 0 Å². The summed E-state index contributed by atoms with van der Waals surface area (Å²) in [5.41, 5.74) is 3.06. The highest BCUT2D eigenvalue weighted by Gasteiger charge is 2.41. The number of carbonyl (C=O) groups is 2. The summed E-state index contributed by atoms with van der Waals surface area (Å²) in [5, 5.41) is 0.705. The first-order chi connectivity index (χ1) is 18.3. The van der Waals surface area contributed by atoms with Crippen molar-refractivity contribution >= 4 is 29.3 Å². The van der Waals surface area contributed by atoms with E-state index in [1.807, 2.05) is 69.1 Å². The van der Waals surface area contributed by atoms with Crippen LogP contribution in [-0.2, 0) is 26.1 Å². The third-order valence-corrected chi connectivity index (χ3v) is 7.79. The quantitative estimate of drug-likeness (QED) is 0.503. The molecule has 9 heteroatoms. The zero-order valence-electron chi connectivity index (χ0n) is 24.2. The number of hydrogen-bond acceptors (Lipinski definition) is 6. The lowest BCUT2D eigenvalue weighted by Gasteiger charge is -2.45. The molecule has 2 atom stereocenters. The van der Waals surface area contributed by atoms with Crippen molar-refractivity contribution in [2.75, 3.05) is 44.8 Å². The van der Waals surface area contributed by atoms with Crippen LogP contribution in [0.4, 0.5) is 10.5 Å². The first-order valence-corrected chi connectivity index (χ1v) is 13.9. The van der Waals surface area contributed by atoms with Gasteiger partial charge >= 0.3 is 6.09 Å². The molecule has 0 spiro atoms. The first kappa shape index (κ1) is 29.3. The van der Waals surface area contributed by atoms with Crippen LogP contribution in [0.2, 0.25) is 5.02 Å². The van der Waals surface area contributed by atoms with Gasteiger partial charge in [0, 0.05) is 67.1 Å². The zero-order chi connectivity index (χ0) is 28.5. The number of carbonyl (C=O) groups excluding carboxylic acids is 2. The third-order valence-electron chi connectivity index (χ3n) is 7.42. The van der Waals surface area contributed by atoms with Crippen LogP contribution < -0.4 is 4.90 Å². The van der Waals surface area contributed by atoms with Crippen LogP contribution in [-0.4, -0.2) is 84.4 Å². The number of benzene rings is 1. The topological polar surface area (TPSA) is 75.2 Å². The number of rotatable bonds is 6. The Morgan fingerprint density at radius 3 is 2.56 bits per heavy atom. The molecule has 1 fully saturated rings. The highest BCUT2D eigenvalue weighted by molar-refractivity contribution is 6.31. The first-order valence-electron chi connectivity index (χ1n) is 13.5. The predicted molar refractivity (Wildman–Crippen MR) is 154 cm³/mol. The number of anilines is 1. The molecule has 39 heavy (non-hydrogen) atoms. The minimum absolute atomic E-state index is 0.0238. The molecule has 1 aromatic heterocycles. The normalized spacial score (nSPS) is 21.1. The number of hydrogen-bond donors (Lipinski definition) is 0. The van der Waals surface area contributed by atoms with E-state index in [2.05, 4.69) is 18.7 Å². The van der Waals surface area contributed by atoms with Crippen molar-refractivity contribution in [1.29, 1.82) is 0 Å². The molecule has 4 rings (SSSR count). The van der Waals surface area contributed by atoms with Crippen LogP contribution in [0.5, 0.6) is 0 Å². The SMILES string of the molecule is COC[C@H]1CN(C(=O)OC(C)(C)C)[C@H](C)CN1CC(=O)N1CC(C)(C)c2cnc(Cc3ccccc3Cl)cc21. The molecule has 3 heterocycles. The predicted octanol–water partition coefficient (Wildman–Crippen LogP) is 4.91. The molecule has 1 aromatic carbocycles. The summed E-state index contributed by atoms with van der Waals surface area (Å²) in [5.74, 6) is 0.0238. The summed E-state index contributed by atoms with van der Waals surface area (Å²) in [6, 6.07) is 9.56. The molecule has 2 amide bonds. The van der Waals surface area contributed by atoms with E-state index in [0.29, 0.717) is 37.7 Å². The number of fused-ring (bicyclic) bond motifs is 1. The van der Waals surface area contributed by atoms with E-state index < -0.39 is 5.60 Å². The second-order valence-electron chi connectivity index (χ2n) is 12.3. The van der Waals surface area contributed by atoms with Gasteiger partial charge in [-0.3, -0.25) is 14.7 Å². The van der Waals surface area contributed by atoms with Crippen LogP contribution >= 0.6 is 11.6 Å². The fourth-order valence-corrected chi connectivity index (χ4v) is 5.64. The number of methoxy groups -OCH3 is 1. The van der Waals surface area contributed by atoms with Crippen LogP contribution in [0.25, 0.3) is 0 Å². The van der Waals surface area contributed by atoms with Gasteiger partial charge in [-0.15, -0.1) is 0 Å². The lowest BCUT2D eigenvalue weighted by molar-refractivity contribution is -0.121. The number of pyridine rings is 1. The number of aromatic nitrogens is 1. The lowest BCUT2D eigenvalue weighted by Crippen LogP contribution is -2.62. The fraction of sp³-hybridized carbons (Fsp3) is 0.567. The summed E-state index contributed by atoms with van der Waals surface area (Å²) in [6.45, 7) is 14.1. The maximum Gasteiger partial charge on any atom is 0.410 e. The van der Waals surface area contributed by atoms with E-state index in [4.69, 9.17) is 26.1 Å². The van der Waals surface area contributed by atoms with E-state index in [0.717, 1.165) is 22.5 Å². The standard InChI is InChI=1S/C30H41ClN4O4/c1-20-15-33(23(18-38-7)16-34(20)28(37)39-29(2,3)4)17-27(36)35-19-30(5,6)24-14-32-22(13-26(24)35)12-21-10-8-9-11-25(21)31/h8-11,13-14,20,23H,12,15-19H2,1-7H3/t20-,23-/m1/s1. The van der Waals surface area contributed by atoms with Crippen molar-refractivity contribution in [3.63, 3.8) is 0 Å². The zero-order valence-corrected chi connectivity index (χ0v) is 24.9. The van der Waals surface area contributed by atoms with Crippen LogP contribution in [0, 0.1) is 0 Å². The van der Waals surface area contributed by atoms with Crippen LogP contribution in [0.3, 0.4) is 0 Å². The molecule has 8 nitrogen and oxygen atoms in total. The maximum absolute atomic E-state index is 13.8. The largest absolute Gasteiger partial charge is 0.444 e. The molecule has 212 valence electrons. The number of halogens is 1. The summed E-state index contributed by atoms with van der Waals surface area (Å²) < 4.78 is 11.1. The number of amides is 2. The summed E-state index contributed by atoms with van der Waals surface area (Å²) in [4.78, 5) is 37.2. The van der Waals surface area contributed by atoms with Crippen molar-refractivity contribution in [1.82, 2.24) is 14.8 Å². The number of ether oxygens (including phenoxy) is 2. The monoisotopic (exact) mass is 556 g/mol. The Morgan fingerprint density at radius 1 is 1.18 bits per heavy atom. The molecule has 2 aliphatic rings. The minimum Gasteiger partial charge on any atom is -0.444 e. The minimum atomic E-state index is -0.573. The summed E-state index contributed by atoms with van der Waals surface area (Å²) in [6.07, 6.45) is 2.16. The fourth-order valence-electron chi connectivity index (χ4n) is 5.44. The van der Waals surface area contributed by atoms with Gasteiger partial charge in [0.05, 0.1) is 24.9 Å². The van der Waals surface area contributed by atoms with Gasteiger partial charge in [-0.05, 0) is 45.4 Å². The van der Waals surface area contributed by atoms with Gasteiger partial charge in [0.2, 0.25) is 5.91 Å². The molecular formula is C30H41ClN4O4. The molecule has 0 saturated carbocycles. The van der Waals surface area contributed by atoms with E-state index in [1.54, 1.807) is 12.0 Å². The second kappa shape index (κ2) is 11.4. The van der Waals surface area contributed by atoms with Gasteiger partial charge < -0.3 is 19.3 Å². The molecule has 0 radical (unpaired) electrons. The van der Waals surface area contributed by atoms with E-state index in [-0.39, 0.29) is 36.0 Å². The molecule has 0 unspecified atom stereocenters. The Balaban J connectivity index is 1.52. The Hall–Kier alpha value is -2.68. The highest BCUT2D eigenvalue weighted by Crippen LogP contribution is 2.41. The van der Waals surface area contributed by atoms with Crippen molar-refractivity contribution in [2.24, 2.45) is 0 Å². The molecule has 0 bridgehead atoms. The number of nitrogens with zero attached hydrogens (tertiary/aromatic N) is 4. The summed E-state index contributed by atoms with van der Waals surface area (Å²) in [7, 11) is 1.64. The van der Waals surface area contributed by atoms with Crippen molar-refractivity contribution < 1.29 is 19.1 Å². The van der Waals surface area contributed by atoms with Gasteiger partial charge in [-0.2, -0.15) is 0 Å². The van der Waals surface area contributed by atoms with E-state index in [1.165, 1.54) is 0 Å².